The number of amides is 1. The Hall–Kier alpha value is -4.13. The van der Waals surface area contributed by atoms with Gasteiger partial charge in [0, 0.05) is 11.3 Å². The van der Waals surface area contributed by atoms with Crippen LogP contribution < -0.4 is 14.8 Å². The predicted molar refractivity (Wildman–Crippen MR) is 114 cm³/mol. The number of hydrogen-bond acceptors (Lipinski definition) is 5. The third kappa shape index (κ3) is 4.90. The number of para-hydroxylation sites is 1. The molecule has 0 bridgehead atoms. The van der Waals surface area contributed by atoms with Gasteiger partial charge in [-0.1, -0.05) is 12.1 Å². The van der Waals surface area contributed by atoms with Crippen LogP contribution in [0.2, 0.25) is 0 Å². The molecule has 0 saturated carbocycles. The summed E-state index contributed by atoms with van der Waals surface area (Å²) in [6.07, 6.45) is 1.50. The fourth-order valence-electron chi connectivity index (χ4n) is 2.92. The van der Waals surface area contributed by atoms with Crippen LogP contribution in [0.4, 0.5) is 10.1 Å². The van der Waals surface area contributed by atoms with Crippen LogP contribution in [0.3, 0.4) is 0 Å². The van der Waals surface area contributed by atoms with E-state index in [1.165, 1.54) is 25.5 Å². The molecule has 1 N–H and O–H groups in total. The maximum atomic E-state index is 13.0. The van der Waals surface area contributed by atoms with Crippen LogP contribution in [-0.2, 0) is 6.61 Å². The Kier molecular flexibility index (Phi) is 5.93. The average Bonchev–Trinajstić information content (AvgIpc) is 3.28. The molecule has 3 aromatic carbocycles. The Labute approximate surface area is 178 Å². The summed E-state index contributed by atoms with van der Waals surface area (Å²) in [5, 5.41) is 2.83. The molecule has 4 rings (SSSR count). The molecule has 6 nitrogen and oxygen atoms in total. The van der Waals surface area contributed by atoms with Crippen LogP contribution in [-0.4, -0.2) is 18.0 Å². The Morgan fingerprint density at radius 3 is 2.52 bits per heavy atom. The molecule has 0 unspecified atom stereocenters. The topological polar surface area (TPSA) is 73.6 Å². The van der Waals surface area contributed by atoms with Crippen molar-refractivity contribution in [2.24, 2.45) is 0 Å². The molecule has 0 aliphatic heterocycles. The molecular weight excluding hydrogens is 399 g/mol. The van der Waals surface area contributed by atoms with Crippen LogP contribution in [0.5, 0.6) is 11.5 Å². The second kappa shape index (κ2) is 9.13. The van der Waals surface area contributed by atoms with E-state index in [4.69, 9.17) is 13.9 Å². The quantitative estimate of drug-likeness (QED) is 0.440. The van der Waals surface area contributed by atoms with Gasteiger partial charge < -0.3 is 19.2 Å². The smallest absolute Gasteiger partial charge is 0.259 e. The number of hydrogen-bond donors (Lipinski definition) is 1. The molecule has 0 aliphatic carbocycles. The van der Waals surface area contributed by atoms with Crippen LogP contribution >= 0.6 is 0 Å². The maximum absolute atomic E-state index is 13.0. The highest BCUT2D eigenvalue weighted by Crippen LogP contribution is 2.22. The van der Waals surface area contributed by atoms with Crippen molar-refractivity contribution in [3.8, 4) is 23.0 Å². The summed E-state index contributed by atoms with van der Waals surface area (Å²) >= 11 is 0. The molecule has 0 spiro atoms. The lowest BCUT2D eigenvalue weighted by molar-refractivity contribution is 0.102. The van der Waals surface area contributed by atoms with Gasteiger partial charge >= 0.3 is 0 Å². The lowest BCUT2D eigenvalue weighted by atomic mass is 10.2. The number of ether oxygens (including phenoxy) is 2. The number of oxazole rings is 1. The second-order valence-corrected chi connectivity index (χ2v) is 6.62. The number of nitrogens with zero attached hydrogens (tertiary/aromatic N) is 1. The van der Waals surface area contributed by atoms with Gasteiger partial charge in [0.2, 0.25) is 5.89 Å². The second-order valence-electron chi connectivity index (χ2n) is 6.62. The maximum Gasteiger partial charge on any atom is 0.259 e. The minimum Gasteiger partial charge on any atom is -0.496 e. The molecule has 0 saturated heterocycles. The third-order valence-corrected chi connectivity index (χ3v) is 4.49. The van der Waals surface area contributed by atoms with Crippen molar-refractivity contribution in [3.63, 3.8) is 0 Å². The summed E-state index contributed by atoms with van der Waals surface area (Å²) in [5.74, 6) is 0.936. The average molecular weight is 418 g/mol. The Balaban J connectivity index is 1.35. The molecule has 0 fully saturated rings. The van der Waals surface area contributed by atoms with E-state index < -0.39 is 0 Å². The third-order valence-electron chi connectivity index (χ3n) is 4.49. The number of aromatic nitrogens is 1. The van der Waals surface area contributed by atoms with Gasteiger partial charge in [-0.2, -0.15) is 0 Å². The number of halogens is 1. The summed E-state index contributed by atoms with van der Waals surface area (Å²) in [7, 11) is 1.52. The van der Waals surface area contributed by atoms with Crippen molar-refractivity contribution in [3.05, 3.63) is 96.1 Å². The first-order valence-corrected chi connectivity index (χ1v) is 9.50. The van der Waals surface area contributed by atoms with Crippen molar-refractivity contribution in [2.75, 3.05) is 12.4 Å². The molecule has 1 heterocycles. The number of carbonyl (C=O) groups excluding carboxylic acids is 1. The molecule has 7 heteroatoms. The van der Waals surface area contributed by atoms with Crippen molar-refractivity contribution < 1.29 is 23.1 Å². The Morgan fingerprint density at radius 2 is 1.77 bits per heavy atom. The van der Waals surface area contributed by atoms with Crippen molar-refractivity contribution in [2.45, 2.75) is 6.61 Å². The summed E-state index contributed by atoms with van der Waals surface area (Å²) in [5.41, 5.74) is 2.37. The zero-order valence-electron chi connectivity index (χ0n) is 16.7. The van der Waals surface area contributed by atoms with Crippen LogP contribution in [0, 0.1) is 5.82 Å². The summed E-state index contributed by atoms with van der Waals surface area (Å²) in [6, 6.07) is 19.9. The minimum atomic E-state index is -0.318. The fraction of sp³-hybridized carbons (Fsp3) is 0.0833. The number of nitrogens with one attached hydrogen (secondary N) is 1. The highest BCUT2D eigenvalue weighted by Gasteiger charge is 2.12. The summed E-state index contributed by atoms with van der Waals surface area (Å²) in [6.45, 7) is 0.206. The first-order valence-electron chi connectivity index (χ1n) is 9.50. The van der Waals surface area contributed by atoms with Gasteiger partial charge in [0.1, 0.15) is 35.9 Å². The van der Waals surface area contributed by atoms with Crippen LogP contribution in [0.25, 0.3) is 11.5 Å². The summed E-state index contributed by atoms with van der Waals surface area (Å²) < 4.78 is 29.4. The van der Waals surface area contributed by atoms with E-state index in [9.17, 15) is 9.18 Å². The molecule has 156 valence electrons. The van der Waals surface area contributed by atoms with E-state index in [-0.39, 0.29) is 18.3 Å². The van der Waals surface area contributed by atoms with Gasteiger partial charge in [-0.25, -0.2) is 9.37 Å². The molecule has 0 atom stereocenters. The van der Waals surface area contributed by atoms with Gasteiger partial charge in [0.05, 0.1) is 12.7 Å². The predicted octanol–water partition coefficient (Wildman–Crippen LogP) is 5.32. The van der Waals surface area contributed by atoms with Crippen molar-refractivity contribution in [1.82, 2.24) is 4.98 Å². The summed E-state index contributed by atoms with van der Waals surface area (Å²) in [4.78, 5) is 16.8. The monoisotopic (exact) mass is 418 g/mol. The van der Waals surface area contributed by atoms with Gasteiger partial charge in [-0.3, -0.25) is 4.79 Å². The molecule has 1 aromatic heterocycles. The first-order chi connectivity index (χ1) is 15.1. The van der Waals surface area contributed by atoms with Crippen molar-refractivity contribution in [1.29, 1.82) is 0 Å². The Morgan fingerprint density at radius 1 is 1.03 bits per heavy atom. The van der Waals surface area contributed by atoms with E-state index >= 15 is 0 Å². The molecule has 4 aromatic rings. The number of carbonyl (C=O) groups is 1. The number of rotatable bonds is 7. The van der Waals surface area contributed by atoms with E-state index in [2.05, 4.69) is 10.3 Å². The number of benzene rings is 3. The SMILES string of the molecule is COc1ccccc1C(=O)Nc1ccc(OCc2coc(-c3ccc(F)cc3)n2)cc1. The van der Waals surface area contributed by atoms with Gasteiger partial charge in [-0.15, -0.1) is 0 Å². The zero-order valence-corrected chi connectivity index (χ0v) is 16.7. The number of anilines is 1. The molecule has 1 amide bonds. The highest BCUT2D eigenvalue weighted by molar-refractivity contribution is 6.06. The van der Waals surface area contributed by atoms with Gasteiger partial charge in [0.25, 0.3) is 5.91 Å². The fourth-order valence-corrected chi connectivity index (χ4v) is 2.92. The molecule has 0 aliphatic rings. The number of methoxy groups -OCH3 is 1. The van der Waals surface area contributed by atoms with Crippen LogP contribution in [0.1, 0.15) is 16.1 Å². The first kappa shape index (κ1) is 20.2. The lowest BCUT2D eigenvalue weighted by Crippen LogP contribution is -2.13. The minimum absolute atomic E-state index is 0.206. The lowest BCUT2D eigenvalue weighted by Gasteiger charge is -2.10. The van der Waals surface area contributed by atoms with E-state index in [0.717, 1.165) is 0 Å². The standard InChI is InChI=1S/C24H19FN2O4/c1-29-22-5-3-2-4-21(22)23(28)26-18-10-12-20(13-11-18)30-14-19-15-31-24(27-19)16-6-8-17(25)9-7-16/h2-13,15H,14H2,1H3,(H,26,28). The van der Waals surface area contributed by atoms with E-state index in [1.807, 2.05) is 0 Å². The largest absolute Gasteiger partial charge is 0.496 e. The molecular formula is C24H19FN2O4. The van der Waals surface area contributed by atoms with Crippen LogP contribution in [0.15, 0.2) is 83.5 Å². The molecule has 0 radical (unpaired) electrons. The Bertz CT molecular complexity index is 1170. The van der Waals surface area contributed by atoms with Crippen molar-refractivity contribution >= 4 is 11.6 Å². The highest BCUT2D eigenvalue weighted by atomic mass is 19.1. The van der Waals surface area contributed by atoms with E-state index in [1.54, 1.807) is 60.7 Å². The molecule has 31 heavy (non-hydrogen) atoms. The van der Waals surface area contributed by atoms with Gasteiger partial charge in [-0.05, 0) is 60.7 Å². The van der Waals surface area contributed by atoms with Gasteiger partial charge in [0.15, 0.2) is 0 Å². The zero-order chi connectivity index (χ0) is 21.6. The normalized spacial score (nSPS) is 10.5. The van der Waals surface area contributed by atoms with E-state index in [0.29, 0.717) is 39.9 Å².